The number of aliphatic carboxylic acids is 1. The molecule has 1 aliphatic rings. The van der Waals surface area contributed by atoms with Gasteiger partial charge >= 0.3 is 5.97 Å². The van der Waals surface area contributed by atoms with Crippen molar-refractivity contribution >= 4 is 21.9 Å². The molecule has 4 nitrogen and oxygen atoms in total. The lowest BCUT2D eigenvalue weighted by Gasteiger charge is -2.46. The SMILES string of the molecule is CC1C(NCc2ccc(Br)cn2)CCC(C(=O)O)C1(C)C. The highest BCUT2D eigenvalue weighted by Gasteiger charge is 2.45. The van der Waals surface area contributed by atoms with E-state index in [1.807, 2.05) is 12.1 Å². The van der Waals surface area contributed by atoms with Gasteiger partial charge in [-0.25, -0.2) is 0 Å². The fourth-order valence-electron chi connectivity index (χ4n) is 3.27. The molecule has 1 heterocycles. The number of halogens is 1. The molecule has 2 rings (SSSR count). The summed E-state index contributed by atoms with van der Waals surface area (Å²) in [4.78, 5) is 15.8. The van der Waals surface area contributed by atoms with E-state index in [1.54, 1.807) is 6.20 Å². The van der Waals surface area contributed by atoms with Crippen LogP contribution in [0.3, 0.4) is 0 Å². The highest BCUT2D eigenvalue weighted by atomic mass is 79.9. The lowest BCUT2D eigenvalue weighted by Crippen LogP contribution is -2.50. The zero-order chi connectivity index (χ0) is 15.6. The molecule has 1 aromatic rings. The predicted octanol–water partition coefficient (Wildman–Crippen LogP) is 3.46. The van der Waals surface area contributed by atoms with E-state index >= 15 is 0 Å². The molecule has 1 saturated carbocycles. The van der Waals surface area contributed by atoms with Crippen LogP contribution in [0.2, 0.25) is 0 Å². The maximum Gasteiger partial charge on any atom is 0.307 e. The van der Waals surface area contributed by atoms with Crippen molar-refractivity contribution in [1.29, 1.82) is 0 Å². The lowest BCUT2D eigenvalue weighted by atomic mass is 9.61. The number of carbonyl (C=O) groups is 1. The van der Waals surface area contributed by atoms with Crippen LogP contribution < -0.4 is 5.32 Å². The Morgan fingerprint density at radius 3 is 2.76 bits per heavy atom. The van der Waals surface area contributed by atoms with E-state index < -0.39 is 5.97 Å². The molecule has 0 aliphatic heterocycles. The molecule has 1 fully saturated rings. The molecule has 1 aromatic heterocycles. The van der Waals surface area contributed by atoms with Gasteiger partial charge in [-0.15, -0.1) is 0 Å². The smallest absolute Gasteiger partial charge is 0.307 e. The predicted molar refractivity (Wildman–Crippen MR) is 85.9 cm³/mol. The molecule has 0 saturated heterocycles. The third kappa shape index (κ3) is 3.64. The normalized spacial score (nSPS) is 28.3. The Balaban J connectivity index is 1.99. The van der Waals surface area contributed by atoms with Crippen LogP contribution in [0.5, 0.6) is 0 Å². The molecule has 21 heavy (non-hydrogen) atoms. The van der Waals surface area contributed by atoms with E-state index in [9.17, 15) is 9.90 Å². The molecule has 0 spiro atoms. The minimum atomic E-state index is -0.667. The van der Waals surface area contributed by atoms with Crippen LogP contribution in [-0.4, -0.2) is 22.1 Å². The second kappa shape index (κ2) is 6.44. The average Bonchev–Trinajstić information content (AvgIpc) is 2.42. The molecule has 3 atom stereocenters. The number of hydrogen-bond donors (Lipinski definition) is 2. The summed E-state index contributed by atoms with van der Waals surface area (Å²) in [6.45, 7) is 7.02. The molecular weight excluding hydrogens is 332 g/mol. The third-order valence-electron chi connectivity index (χ3n) is 5.07. The minimum Gasteiger partial charge on any atom is -0.481 e. The number of aromatic nitrogens is 1. The highest BCUT2D eigenvalue weighted by Crippen LogP contribution is 2.45. The summed E-state index contributed by atoms with van der Waals surface area (Å²) in [5.74, 6) is -0.612. The summed E-state index contributed by atoms with van der Waals surface area (Å²) in [5, 5.41) is 12.9. The van der Waals surface area contributed by atoms with Gasteiger partial charge in [-0.3, -0.25) is 9.78 Å². The van der Waals surface area contributed by atoms with Gasteiger partial charge in [0.2, 0.25) is 0 Å². The third-order valence-corrected chi connectivity index (χ3v) is 5.54. The van der Waals surface area contributed by atoms with Crippen molar-refractivity contribution in [2.45, 2.75) is 46.2 Å². The summed E-state index contributed by atoms with van der Waals surface area (Å²) in [6, 6.07) is 4.31. The number of pyridine rings is 1. The number of hydrogen-bond acceptors (Lipinski definition) is 3. The van der Waals surface area contributed by atoms with Crippen molar-refractivity contribution in [3.63, 3.8) is 0 Å². The van der Waals surface area contributed by atoms with Gasteiger partial charge in [-0.1, -0.05) is 20.8 Å². The molecule has 3 unspecified atom stereocenters. The van der Waals surface area contributed by atoms with Crippen molar-refractivity contribution < 1.29 is 9.90 Å². The van der Waals surface area contributed by atoms with Crippen LogP contribution in [0.1, 0.15) is 39.3 Å². The molecular formula is C16H23BrN2O2. The topological polar surface area (TPSA) is 62.2 Å². The van der Waals surface area contributed by atoms with Crippen LogP contribution in [0.25, 0.3) is 0 Å². The summed E-state index contributed by atoms with van der Waals surface area (Å²) >= 11 is 3.38. The van der Waals surface area contributed by atoms with Gasteiger partial charge in [0, 0.05) is 23.3 Å². The van der Waals surface area contributed by atoms with Crippen LogP contribution in [-0.2, 0) is 11.3 Å². The molecule has 0 amide bonds. The van der Waals surface area contributed by atoms with Gasteiger partial charge in [0.1, 0.15) is 0 Å². The van der Waals surface area contributed by atoms with Crippen molar-refractivity contribution in [2.24, 2.45) is 17.3 Å². The van der Waals surface area contributed by atoms with Crippen molar-refractivity contribution in [3.8, 4) is 0 Å². The minimum absolute atomic E-state index is 0.200. The first-order valence-electron chi connectivity index (χ1n) is 7.39. The van der Waals surface area contributed by atoms with E-state index in [4.69, 9.17) is 0 Å². The Bertz CT molecular complexity index is 502. The zero-order valence-corrected chi connectivity index (χ0v) is 14.4. The lowest BCUT2D eigenvalue weighted by molar-refractivity contribution is -0.150. The Kier molecular flexibility index (Phi) is 5.04. The number of carboxylic acid groups (broad SMARTS) is 1. The Labute approximate surface area is 134 Å². The van der Waals surface area contributed by atoms with Gasteiger partial charge < -0.3 is 10.4 Å². The summed E-state index contributed by atoms with van der Waals surface area (Å²) in [6.07, 6.45) is 3.43. The molecule has 116 valence electrons. The van der Waals surface area contributed by atoms with E-state index in [0.29, 0.717) is 12.0 Å². The van der Waals surface area contributed by atoms with Gasteiger partial charge in [0.15, 0.2) is 0 Å². The first kappa shape index (κ1) is 16.4. The van der Waals surface area contributed by atoms with Crippen LogP contribution in [0.4, 0.5) is 0 Å². The Hall–Kier alpha value is -0.940. The average molecular weight is 355 g/mol. The monoisotopic (exact) mass is 354 g/mol. The molecule has 0 radical (unpaired) electrons. The summed E-state index contributed by atoms with van der Waals surface area (Å²) in [7, 11) is 0. The fourth-order valence-corrected chi connectivity index (χ4v) is 3.51. The molecule has 0 aromatic carbocycles. The van der Waals surface area contributed by atoms with Gasteiger partial charge in [0.05, 0.1) is 11.6 Å². The number of nitrogens with zero attached hydrogens (tertiary/aromatic N) is 1. The van der Waals surface area contributed by atoms with E-state index in [1.165, 1.54) is 0 Å². The number of nitrogens with one attached hydrogen (secondary N) is 1. The van der Waals surface area contributed by atoms with Gasteiger partial charge in [-0.05, 0) is 52.2 Å². The summed E-state index contributed by atoms with van der Waals surface area (Å²) < 4.78 is 0.975. The first-order chi connectivity index (χ1) is 9.82. The number of rotatable bonds is 4. The van der Waals surface area contributed by atoms with Crippen molar-refractivity contribution in [2.75, 3.05) is 0 Å². The summed E-state index contributed by atoms with van der Waals surface area (Å²) in [5.41, 5.74) is 0.804. The van der Waals surface area contributed by atoms with E-state index in [0.717, 1.165) is 29.6 Å². The van der Waals surface area contributed by atoms with Gasteiger partial charge in [0.25, 0.3) is 0 Å². The quantitative estimate of drug-likeness (QED) is 0.868. The van der Waals surface area contributed by atoms with Crippen molar-refractivity contribution in [3.05, 3.63) is 28.5 Å². The first-order valence-corrected chi connectivity index (χ1v) is 8.18. The Morgan fingerprint density at radius 2 is 2.19 bits per heavy atom. The van der Waals surface area contributed by atoms with E-state index in [-0.39, 0.29) is 11.3 Å². The molecule has 2 N–H and O–H groups in total. The van der Waals surface area contributed by atoms with Crippen LogP contribution in [0, 0.1) is 17.3 Å². The van der Waals surface area contributed by atoms with Gasteiger partial charge in [-0.2, -0.15) is 0 Å². The molecule has 5 heteroatoms. The molecule has 0 bridgehead atoms. The zero-order valence-electron chi connectivity index (χ0n) is 12.8. The van der Waals surface area contributed by atoms with E-state index in [2.05, 4.69) is 47.0 Å². The Morgan fingerprint density at radius 1 is 1.48 bits per heavy atom. The second-order valence-corrected chi connectivity index (χ2v) is 7.45. The van der Waals surface area contributed by atoms with Crippen molar-refractivity contribution in [1.82, 2.24) is 10.3 Å². The largest absolute Gasteiger partial charge is 0.481 e. The molecule has 1 aliphatic carbocycles. The standard InChI is InChI=1S/C16H23BrN2O2/c1-10-14(7-6-13(15(20)21)16(10,2)3)19-9-12-5-4-11(17)8-18-12/h4-5,8,10,13-14,19H,6-7,9H2,1-3H3,(H,20,21). The number of carboxylic acids is 1. The van der Waals surface area contributed by atoms with Crippen LogP contribution in [0.15, 0.2) is 22.8 Å². The second-order valence-electron chi connectivity index (χ2n) is 6.53. The highest BCUT2D eigenvalue weighted by molar-refractivity contribution is 9.10. The maximum absolute atomic E-state index is 11.4. The fraction of sp³-hybridized carbons (Fsp3) is 0.625. The van der Waals surface area contributed by atoms with Crippen LogP contribution >= 0.6 is 15.9 Å². The maximum atomic E-state index is 11.4.